The van der Waals surface area contributed by atoms with Gasteiger partial charge in [0.15, 0.2) is 0 Å². The first-order valence-electron chi connectivity index (χ1n) is 5.46. The number of carbonyl (C=O) groups excluding carboxylic acids is 1. The van der Waals surface area contributed by atoms with Gasteiger partial charge in [-0.2, -0.15) is 0 Å². The summed E-state index contributed by atoms with van der Waals surface area (Å²) in [7, 11) is 0.289. The van der Waals surface area contributed by atoms with Gasteiger partial charge < -0.3 is 5.32 Å². The highest BCUT2D eigenvalue weighted by Crippen LogP contribution is 2.26. The summed E-state index contributed by atoms with van der Waals surface area (Å²) in [5.41, 5.74) is 0.345. The Morgan fingerprint density at radius 1 is 1.40 bits per heavy atom. The molecule has 1 N–H and O–H groups in total. The van der Waals surface area contributed by atoms with Gasteiger partial charge in [0, 0.05) is 50.6 Å². The summed E-state index contributed by atoms with van der Waals surface area (Å²) in [6, 6.07) is 2.55. The molecule has 1 unspecified atom stereocenters. The van der Waals surface area contributed by atoms with Crippen LogP contribution in [0.25, 0.3) is 0 Å². The van der Waals surface area contributed by atoms with Gasteiger partial charge in [0.2, 0.25) is 0 Å². The van der Waals surface area contributed by atoms with Crippen molar-refractivity contribution in [3.8, 4) is 0 Å². The number of rotatable bonds is 5. The Labute approximate surface area is 129 Å². The van der Waals surface area contributed by atoms with Crippen LogP contribution in [0.5, 0.6) is 0 Å². The van der Waals surface area contributed by atoms with E-state index in [0.29, 0.717) is 5.75 Å². The van der Waals surface area contributed by atoms with Crippen molar-refractivity contribution in [3.63, 3.8) is 0 Å². The van der Waals surface area contributed by atoms with E-state index >= 15 is 0 Å². The average molecular weight is 358 g/mol. The Kier molecular flexibility index (Phi) is 6.00. The molecule has 1 aromatic carbocycles. The maximum Gasteiger partial charge on any atom is 0.261 e. The lowest BCUT2D eigenvalue weighted by molar-refractivity contribution is 0.0955. The van der Waals surface area contributed by atoms with Crippen LogP contribution < -0.4 is 5.32 Å². The molecule has 0 aliphatic heterocycles. The molecule has 0 saturated carbocycles. The predicted octanol–water partition coefficient (Wildman–Crippen LogP) is 1.68. The van der Waals surface area contributed by atoms with Crippen molar-refractivity contribution in [1.82, 2.24) is 5.32 Å². The van der Waals surface area contributed by atoms with Crippen LogP contribution in [0, 0.1) is 6.92 Å². The van der Waals surface area contributed by atoms with E-state index in [1.807, 2.05) is 0 Å². The summed E-state index contributed by atoms with van der Waals surface area (Å²) in [5, 5.41) is 2.64. The fourth-order valence-electron chi connectivity index (χ4n) is 1.55. The van der Waals surface area contributed by atoms with E-state index in [-0.39, 0.29) is 27.6 Å². The molecule has 0 heterocycles. The maximum absolute atomic E-state index is 12.0. The van der Waals surface area contributed by atoms with E-state index < -0.39 is 25.8 Å². The summed E-state index contributed by atoms with van der Waals surface area (Å²) in [4.78, 5) is 11.8. The molecule has 9 heteroatoms. The van der Waals surface area contributed by atoms with E-state index in [4.69, 9.17) is 22.3 Å². The molecule has 1 atom stereocenters. The Morgan fingerprint density at radius 2 is 2.00 bits per heavy atom. The summed E-state index contributed by atoms with van der Waals surface area (Å²) in [6.07, 6.45) is 1.52. The molecule has 5 nitrogen and oxygen atoms in total. The molecule has 1 aromatic rings. The molecular weight excluding hydrogens is 345 g/mol. The summed E-state index contributed by atoms with van der Waals surface area (Å²) >= 11 is 5.80. The lowest BCUT2D eigenvalue weighted by Gasteiger charge is -2.10. The van der Waals surface area contributed by atoms with Crippen molar-refractivity contribution >= 4 is 48.0 Å². The van der Waals surface area contributed by atoms with E-state index in [1.165, 1.54) is 25.3 Å². The summed E-state index contributed by atoms with van der Waals surface area (Å²) in [6.45, 7) is 1.69. The van der Waals surface area contributed by atoms with Crippen LogP contribution in [0.15, 0.2) is 17.0 Å². The van der Waals surface area contributed by atoms with Crippen LogP contribution in [-0.2, 0) is 19.9 Å². The van der Waals surface area contributed by atoms with Crippen molar-refractivity contribution in [1.29, 1.82) is 0 Å². The molecule has 0 aliphatic carbocycles. The fraction of sp³-hybridized carbons (Fsp3) is 0.364. The fourth-order valence-corrected chi connectivity index (χ4v) is 3.44. The second-order valence-corrected chi connectivity index (χ2v) is 8.57. The van der Waals surface area contributed by atoms with E-state index in [9.17, 15) is 17.4 Å². The Morgan fingerprint density at radius 3 is 2.50 bits per heavy atom. The molecule has 0 fully saturated rings. The first-order valence-corrected chi connectivity index (χ1v) is 9.87. The predicted molar refractivity (Wildman–Crippen MR) is 80.5 cm³/mol. The number of halogens is 2. The van der Waals surface area contributed by atoms with Crippen molar-refractivity contribution < 1.29 is 17.4 Å². The van der Waals surface area contributed by atoms with E-state index in [2.05, 4.69) is 5.32 Å². The van der Waals surface area contributed by atoms with Crippen LogP contribution in [0.3, 0.4) is 0 Å². The highest BCUT2D eigenvalue weighted by Gasteiger charge is 2.20. The molecular formula is C11H13Cl2NO4S2. The number of hydrogen-bond donors (Lipinski definition) is 1. The largest absolute Gasteiger partial charge is 0.351 e. The number of benzene rings is 1. The molecule has 0 saturated heterocycles. The second kappa shape index (κ2) is 6.89. The minimum Gasteiger partial charge on any atom is -0.351 e. The van der Waals surface area contributed by atoms with Gasteiger partial charge in [0.05, 0.1) is 4.90 Å². The minimum atomic E-state index is -3.99. The first-order chi connectivity index (χ1) is 9.12. The lowest BCUT2D eigenvalue weighted by atomic mass is 10.1. The van der Waals surface area contributed by atoms with Crippen LogP contribution in [0.2, 0.25) is 5.02 Å². The second-order valence-electron chi connectivity index (χ2n) is 4.05. The normalized spacial score (nSPS) is 13.0. The number of amides is 1. The Hall–Kier alpha value is -0.630. The SMILES string of the molecule is Cc1c(C(=O)NCCS(C)=O)cc(Cl)cc1S(=O)(=O)Cl. The molecule has 1 rings (SSSR count). The smallest absolute Gasteiger partial charge is 0.261 e. The van der Waals surface area contributed by atoms with Gasteiger partial charge in [0.1, 0.15) is 0 Å². The van der Waals surface area contributed by atoms with Gasteiger partial charge in [-0.3, -0.25) is 9.00 Å². The van der Waals surface area contributed by atoms with Gasteiger partial charge in [-0.05, 0) is 24.6 Å². The number of nitrogens with one attached hydrogen (secondary N) is 1. The Bertz CT molecular complexity index is 659. The minimum absolute atomic E-state index is 0.0963. The zero-order chi connectivity index (χ0) is 15.5. The number of carbonyl (C=O) groups is 1. The average Bonchev–Trinajstić information content (AvgIpc) is 2.29. The summed E-state index contributed by atoms with van der Waals surface area (Å²) in [5.74, 6) is -0.177. The summed E-state index contributed by atoms with van der Waals surface area (Å²) < 4.78 is 33.7. The molecule has 112 valence electrons. The van der Waals surface area contributed by atoms with Gasteiger partial charge in [-0.25, -0.2) is 8.42 Å². The van der Waals surface area contributed by atoms with E-state index in [1.54, 1.807) is 0 Å². The zero-order valence-corrected chi connectivity index (χ0v) is 13.9. The van der Waals surface area contributed by atoms with Crippen molar-refractivity contribution in [2.24, 2.45) is 0 Å². The van der Waals surface area contributed by atoms with Crippen molar-refractivity contribution in [3.05, 3.63) is 28.3 Å². The number of hydrogen-bond acceptors (Lipinski definition) is 4. The van der Waals surface area contributed by atoms with Crippen LogP contribution in [-0.4, -0.2) is 37.1 Å². The molecule has 0 bridgehead atoms. The first kappa shape index (κ1) is 17.4. The quantitative estimate of drug-likeness (QED) is 0.813. The van der Waals surface area contributed by atoms with Crippen LogP contribution in [0.1, 0.15) is 15.9 Å². The third-order valence-corrected chi connectivity index (χ3v) is 4.95. The third kappa shape index (κ3) is 4.73. The molecule has 0 spiro atoms. The monoisotopic (exact) mass is 357 g/mol. The standard InChI is InChI=1S/C11H13Cl2NO4S2/c1-7-9(11(15)14-3-4-19(2)16)5-8(12)6-10(7)20(13,17)18/h5-6H,3-4H2,1-2H3,(H,14,15). The maximum atomic E-state index is 12.0. The van der Waals surface area contributed by atoms with Gasteiger partial charge in [-0.15, -0.1) is 0 Å². The molecule has 1 amide bonds. The van der Waals surface area contributed by atoms with Crippen molar-refractivity contribution in [2.75, 3.05) is 18.6 Å². The highest BCUT2D eigenvalue weighted by atomic mass is 35.7. The Balaban J connectivity index is 3.10. The van der Waals surface area contributed by atoms with Crippen LogP contribution >= 0.6 is 22.3 Å². The molecule has 0 aromatic heterocycles. The highest BCUT2D eigenvalue weighted by molar-refractivity contribution is 8.13. The van der Waals surface area contributed by atoms with E-state index in [0.717, 1.165) is 0 Å². The van der Waals surface area contributed by atoms with Gasteiger partial charge in [0.25, 0.3) is 15.0 Å². The molecule has 0 radical (unpaired) electrons. The van der Waals surface area contributed by atoms with Gasteiger partial charge >= 0.3 is 0 Å². The molecule has 20 heavy (non-hydrogen) atoms. The molecule has 0 aliphatic rings. The topological polar surface area (TPSA) is 80.3 Å². The van der Waals surface area contributed by atoms with Gasteiger partial charge in [-0.1, -0.05) is 11.6 Å². The third-order valence-electron chi connectivity index (χ3n) is 2.51. The zero-order valence-electron chi connectivity index (χ0n) is 10.8. The van der Waals surface area contributed by atoms with Crippen molar-refractivity contribution in [2.45, 2.75) is 11.8 Å². The lowest BCUT2D eigenvalue weighted by Crippen LogP contribution is -2.28. The van der Waals surface area contributed by atoms with Crippen LogP contribution in [0.4, 0.5) is 0 Å².